The molecule has 1 amide bonds. The number of hydrogen-bond donors (Lipinski definition) is 1. The van der Waals surface area contributed by atoms with Crippen LogP contribution in [0.1, 0.15) is 23.2 Å². The normalized spacial score (nSPS) is 16.9. The third-order valence-electron chi connectivity index (χ3n) is 4.19. The Morgan fingerprint density at radius 3 is 2.79 bits per heavy atom. The summed E-state index contributed by atoms with van der Waals surface area (Å²) in [5.74, 6) is -0.625. The summed E-state index contributed by atoms with van der Waals surface area (Å²) in [4.78, 5) is 29.8. The van der Waals surface area contributed by atoms with Gasteiger partial charge in [-0.1, -0.05) is 6.07 Å². The molecule has 6 nitrogen and oxygen atoms in total. The highest BCUT2D eigenvalue weighted by Crippen LogP contribution is 2.30. The van der Waals surface area contributed by atoms with Crippen molar-refractivity contribution in [3.05, 3.63) is 48.2 Å². The summed E-state index contributed by atoms with van der Waals surface area (Å²) in [5, 5.41) is 9.27. The molecule has 1 unspecified atom stereocenters. The Labute approximate surface area is 139 Å². The molecule has 1 fully saturated rings. The molecule has 0 spiro atoms. The van der Waals surface area contributed by atoms with Crippen molar-refractivity contribution in [3.63, 3.8) is 0 Å². The summed E-state index contributed by atoms with van der Waals surface area (Å²) in [5.41, 5.74) is 1.83. The third kappa shape index (κ3) is 2.95. The van der Waals surface area contributed by atoms with E-state index in [1.54, 1.807) is 31.5 Å². The maximum absolute atomic E-state index is 12.7. The maximum atomic E-state index is 12.7. The van der Waals surface area contributed by atoms with Gasteiger partial charge in [-0.3, -0.25) is 9.78 Å². The molecule has 1 aromatic heterocycles. The fourth-order valence-corrected chi connectivity index (χ4v) is 3.00. The van der Waals surface area contributed by atoms with Crippen molar-refractivity contribution in [1.29, 1.82) is 0 Å². The van der Waals surface area contributed by atoms with Crippen molar-refractivity contribution in [2.75, 3.05) is 13.7 Å². The molecule has 24 heavy (non-hydrogen) atoms. The van der Waals surface area contributed by atoms with Crippen LogP contribution in [-0.4, -0.2) is 46.6 Å². The highest BCUT2D eigenvalue weighted by Gasteiger charge is 2.34. The van der Waals surface area contributed by atoms with Crippen molar-refractivity contribution in [1.82, 2.24) is 9.88 Å². The minimum atomic E-state index is -0.959. The van der Waals surface area contributed by atoms with Gasteiger partial charge in [0.15, 0.2) is 0 Å². The molecule has 0 saturated carbocycles. The van der Waals surface area contributed by atoms with E-state index in [4.69, 9.17) is 4.74 Å². The van der Waals surface area contributed by atoms with Gasteiger partial charge in [0.05, 0.1) is 12.8 Å². The van der Waals surface area contributed by atoms with Crippen molar-refractivity contribution in [2.45, 2.75) is 18.9 Å². The molecule has 0 aliphatic carbocycles. The minimum Gasteiger partial charge on any atom is -0.496 e. The zero-order chi connectivity index (χ0) is 17.1. The van der Waals surface area contributed by atoms with Crippen LogP contribution in [0.15, 0.2) is 42.6 Å². The molecule has 1 aromatic carbocycles. The van der Waals surface area contributed by atoms with Gasteiger partial charge in [0.25, 0.3) is 5.91 Å². The number of carboxylic acid groups (broad SMARTS) is 1. The van der Waals surface area contributed by atoms with Crippen LogP contribution < -0.4 is 4.74 Å². The Kier molecular flexibility index (Phi) is 4.46. The second-order valence-electron chi connectivity index (χ2n) is 5.62. The number of rotatable bonds is 4. The fraction of sp³-hybridized carbons (Fsp3) is 0.278. The molecule has 0 radical (unpaired) electrons. The van der Waals surface area contributed by atoms with Crippen LogP contribution >= 0.6 is 0 Å². The van der Waals surface area contributed by atoms with E-state index in [2.05, 4.69) is 4.98 Å². The first-order valence-corrected chi connectivity index (χ1v) is 7.75. The van der Waals surface area contributed by atoms with Gasteiger partial charge in [-0.2, -0.15) is 0 Å². The number of amides is 1. The molecule has 2 heterocycles. The molecule has 6 heteroatoms. The molecule has 1 aliphatic heterocycles. The van der Waals surface area contributed by atoms with Gasteiger partial charge in [0.1, 0.15) is 11.8 Å². The first-order chi connectivity index (χ1) is 11.6. The SMILES string of the molecule is COc1ccc(C(=O)N2CCCC2C(=O)O)cc1-c1ccccn1. The first kappa shape index (κ1) is 16.0. The molecule has 1 atom stereocenters. The number of benzene rings is 1. The maximum Gasteiger partial charge on any atom is 0.326 e. The van der Waals surface area contributed by atoms with Crippen LogP contribution in [-0.2, 0) is 4.79 Å². The Morgan fingerprint density at radius 1 is 1.29 bits per heavy atom. The second kappa shape index (κ2) is 6.70. The fourth-order valence-electron chi connectivity index (χ4n) is 3.00. The monoisotopic (exact) mass is 326 g/mol. The van der Waals surface area contributed by atoms with E-state index in [0.29, 0.717) is 42.0 Å². The molecular weight excluding hydrogens is 308 g/mol. The van der Waals surface area contributed by atoms with Crippen LogP contribution in [0.4, 0.5) is 0 Å². The van der Waals surface area contributed by atoms with Crippen LogP contribution in [0.3, 0.4) is 0 Å². The second-order valence-corrected chi connectivity index (χ2v) is 5.62. The lowest BCUT2D eigenvalue weighted by molar-refractivity contribution is -0.141. The smallest absolute Gasteiger partial charge is 0.326 e. The molecule has 1 N–H and O–H groups in total. The lowest BCUT2D eigenvalue weighted by Gasteiger charge is -2.22. The number of aliphatic carboxylic acids is 1. The van der Waals surface area contributed by atoms with E-state index in [-0.39, 0.29) is 5.91 Å². The number of carbonyl (C=O) groups is 2. The molecule has 2 aromatic rings. The average Bonchev–Trinajstić information content (AvgIpc) is 3.11. The Bertz CT molecular complexity index is 761. The summed E-state index contributed by atoms with van der Waals surface area (Å²) in [7, 11) is 1.56. The van der Waals surface area contributed by atoms with E-state index < -0.39 is 12.0 Å². The highest BCUT2D eigenvalue weighted by atomic mass is 16.5. The van der Waals surface area contributed by atoms with Gasteiger partial charge in [-0.15, -0.1) is 0 Å². The molecule has 1 aliphatic rings. The van der Waals surface area contributed by atoms with Crippen LogP contribution in [0, 0.1) is 0 Å². The van der Waals surface area contributed by atoms with Gasteiger partial charge in [0, 0.05) is 23.9 Å². The van der Waals surface area contributed by atoms with E-state index in [9.17, 15) is 14.7 Å². The van der Waals surface area contributed by atoms with E-state index in [1.807, 2.05) is 18.2 Å². The number of aromatic nitrogens is 1. The number of likely N-dealkylation sites (tertiary alicyclic amines) is 1. The zero-order valence-electron chi connectivity index (χ0n) is 13.3. The molecule has 0 bridgehead atoms. The van der Waals surface area contributed by atoms with Gasteiger partial charge in [0.2, 0.25) is 0 Å². The van der Waals surface area contributed by atoms with Gasteiger partial charge in [-0.05, 0) is 43.2 Å². The van der Waals surface area contributed by atoms with Crippen molar-refractivity contribution >= 4 is 11.9 Å². The topological polar surface area (TPSA) is 79.7 Å². The van der Waals surface area contributed by atoms with Gasteiger partial charge < -0.3 is 14.7 Å². The summed E-state index contributed by atoms with van der Waals surface area (Å²) >= 11 is 0. The standard InChI is InChI=1S/C18H18N2O4/c1-24-16-8-7-12(11-13(16)14-5-2-3-9-19-14)17(21)20-10-4-6-15(20)18(22)23/h2-3,5,7-9,11,15H,4,6,10H2,1H3,(H,22,23). The Morgan fingerprint density at radius 2 is 2.12 bits per heavy atom. The minimum absolute atomic E-state index is 0.278. The lowest BCUT2D eigenvalue weighted by atomic mass is 10.0. The number of ether oxygens (including phenoxy) is 1. The summed E-state index contributed by atoms with van der Waals surface area (Å²) in [6.45, 7) is 0.459. The molecule has 1 saturated heterocycles. The highest BCUT2D eigenvalue weighted by molar-refractivity contribution is 5.98. The van der Waals surface area contributed by atoms with Crippen molar-refractivity contribution in [3.8, 4) is 17.0 Å². The quantitative estimate of drug-likeness (QED) is 0.933. The molecule has 124 valence electrons. The van der Waals surface area contributed by atoms with Gasteiger partial charge in [-0.25, -0.2) is 4.79 Å². The van der Waals surface area contributed by atoms with E-state index >= 15 is 0 Å². The number of pyridine rings is 1. The molecule has 3 rings (SSSR count). The van der Waals surface area contributed by atoms with Crippen LogP contribution in [0.5, 0.6) is 5.75 Å². The number of methoxy groups -OCH3 is 1. The number of nitrogens with zero attached hydrogens (tertiary/aromatic N) is 2. The molecular formula is C18H18N2O4. The van der Waals surface area contributed by atoms with E-state index in [1.165, 1.54) is 4.90 Å². The van der Waals surface area contributed by atoms with E-state index in [0.717, 1.165) is 0 Å². The first-order valence-electron chi connectivity index (χ1n) is 7.75. The lowest BCUT2D eigenvalue weighted by Crippen LogP contribution is -2.40. The third-order valence-corrected chi connectivity index (χ3v) is 4.19. The summed E-state index contributed by atoms with van der Waals surface area (Å²) < 4.78 is 5.36. The summed E-state index contributed by atoms with van der Waals surface area (Å²) in [6.07, 6.45) is 2.86. The van der Waals surface area contributed by atoms with Gasteiger partial charge >= 0.3 is 5.97 Å². The van der Waals surface area contributed by atoms with Crippen LogP contribution in [0.2, 0.25) is 0 Å². The number of hydrogen-bond acceptors (Lipinski definition) is 4. The predicted octanol–water partition coefficient (Wildman–Crippen LogP) is 2.45. The average molecular weight is 326 g/mol. The predicted molar refractivity (Wildman–Crippen MR) is 87.9 cm³/mol. The van der Waals surface area contributed by atoms with Crippen molar-refractivity contribution < 1.29 is 19.4 Å². The summed E-state index contributed by atoms with van der Waals surface area (Å²) in [6, 6.07) is 9.83. The van der Waals surface area contributed by atoms with Crippen molar-refractivity contribution in [2.24, 2.45) is 0 Å². The Balaban J connectivity index is 1.97. The zero-order valence-corrected chi connectivity index (χ0v) is 13.3. The largest absolute Gasteiger partial charge is 0.496 e. The number of carbonyl (C=O) groups excluding carboxylic acids is 1. The number of carboxylic acids is 1. The van der Waals surface area contributed by atoms with Crippen LogP contribution in [0.25, 0.3) is 11.3 Å². The Hall–Kier alpha value is -2.89.